The Morgan fingerprint density at radius 3 is 2.42 bits per heavy atom. The number of rotatable bonds is 8. The van der Waals surface area contributed by atoms with Crippen molar-refractivity contribution in [2.75, 3.05) is 0 Å². The van der Waals surface area contributed by atoms with E-state index in [9.17, 15) is 31.5 Å². The van der Waals surface area contributed by atoms with Crippen LogP contribution in [0, 0.1) is 0 Å². The van der Waals surface area contributed by atoms with Gasteiger partial charge in [-0.1, -0.05) is 0 Å². The van der Waals surface area contributed by atoms with E-state index in [-0.39, 0.29) is 36.6 Å². The lowest BCUT2D eigenvalue weighted by Crippen LogP contribution is -2.53. The van der Waals surface area contributed by atoms with Crippen LogP contribution in [0.3, 0.4) is 0 Å². The van der Waals surface area contributed by atoms with Crippen molar-refractivity contribution in [1.82, 2.24) is 29.4 Å². The molecule has 0 aromatic carbocycles. The van der Waals surface area contributed by atoms with E-state index < -0.39 is 35.9 Å². The van der Waals surface area contributed by atoms with E-state index in [1.54, 1.807) is 13.8 Å². The molecule has 0 aliphatic heterocycles. The van der Waals surface area contributed by atoms with Crippen molar-refractivity contribution >= 4 is 18.3 Å². The third kappa shape index (κ3) is 6.91. The molecule has 0 spiro atoms. The summed E-state index contributed by atoms with van der Waals surface area (Å²) < 4.78 is 68.2. The van der Waals surface area contributed by atoms with Gasteiger partial charge in [0.05, 0.1) is 30.0 Å². The van der Waals surface area contributed by atoms with Crippen LogP contribution in [0.15, 0.2) is 41.6 Å². The number of hydrogen-bond donors (Lipinski definition) is 2. The van der Waals surface area contributed by atoms with Crippen LogP contribution in [0.25, 0.3) is 11.3 Å². The normalized spacial score (nSPS) is 12.9. The molecule has 3 aromatic heterocycles. The average Bonchev–Trinajstić information content (AvgIpc) is 3.36. The Hall–Kier alpha value is -3.26. The molecule has 3 N–H and O–H groups in total. The predicted octanol–water partition coefficient (Wildman–Crippen LogP) is 2.75. The highest BCUT2D eigenvalue weighted by atomic mass is 35.5. The molecule has 0 aliphatic rings. The number of nitrogens with one attached hydrogen (secondary N) is 1. The van der Waals surface area contributed by atoms with Gasteiger partial charge >= 0.3 is 12.7 Å². The Balaban J connectivity index is 0.00000456. The van der Waals surface area contributed by atoms with Gasteiger partial charge < -0.3 is 15.6 Å². The fraction of sp³-hybridized carbons (Fsp3) is 0.429. The van der Waals surface area contributed by atoms with Crippen molar-refractivity contribution in [3.05, 3.63) is 58.4 Å². The van der Waals surface area contributed by atoms with E-state index in [0.717, 1.165) is 16.9 Å². The number of pyridine rings is 1. The highest BCUT2D eigenvalue weighted by Gasteiger charge is 2.36. The second-order valence-corrected chi connectivity index (χ2v) is 8.73. The summed E-state index contributed by atoms with van der Waals surface area (Å²) in [6.07, 6.45) is -1.15. The molecular formula is C21H25ClF5N7O2. The summed E-state index contributed by atoms with van der Waals surface area (Å²) in [5.41, 5.74) is 4.08. The number of amides is 1. The van der Waals surface area contributed by atoms with Crippen LogP contribution in [0.5, 0.6) is 0 Å². The van der Waals surface area contributed by atoms with Crippen LogP contribution in [0.2, 0.25) is 0 Å². The first-order valence-electron chi connectivity index (χ1n) is 10.4. The SMILES string of the molecule is Cl.Cn1cc(-c2cc(C(F)(F)F)nn2CC(C)(C)NC(=O)[C@H](N)Cc2cnn(C(F)F)c2)ccc1=O. The molecule has 0 saturated carbocycles. The minimum absolute atomic E-state index is 0. The molecule has 1 amide bonds. The minimum atomic E-state index is -4.71. The van der Waals surface area contributed by atoms with Crippen LogP contribution in [0.1, 0.15) is 31.7 Å². The zero-order valence-electron chi connectivity index (χ0n) is 19.5. The molecule has 3 rings (SSSR count). The Labute approximate surface area is 208 Å². The van der Waals surface area contributed by atoms with Gasteiger partial charge in [0.15, 0.2) is 5.69 Å². The lowest BCUT2D eigenvalue weighted by molar-refractivity contribution is -0.141. The zero-order chi connectivity index (χ0) is 26.1. The van der Waals surface area contributed by atoms with Gasteiger partial charge in [-0.25, -0.2) is 4.68 Å². The van der Waals surface area contributed by atoms with E-state index in [2.05, 4.69) is 15.5 Å². The molecule has 1 atom stereocenters. The predicted molar refractivity (Wildman–Crippen MR) is 123 cm³/mol. The average molecular weight is 538 g/mol. The maximum absolute atomic E-state index is 13.4. The highest BCUT2D eigenvalue weighted by Crippen LogP contribution is 2.32. The molecule has 0 radical (unpaired) electrons. The van der Waals surface area contributed by atoms with Crippen LogP contribution >= 0.6 is 12.4 Å². The molecular weight excluding hydrogens is 513 g/mol. The first kappa shape index (κ1) is 29.0. The van der Waals surface area contributed by atoms with Crippen molar-refractivity contribution in [2.24, 2.45) is 12.8 Å². The molecule has 0 unspecified atom stereocenters. The summed E-state index contributed by atoms with van der Waals surface area (Å²) in [5.74, 6) is -0.633. The summed E-state index contributed by atoms with van der Waals surface area (Å²) >= 11 is 0. The molecule has 0 fully saturated rings. The molecule has 3 heterocycles. The van der Waals surface area contributed by atoms with E-state index in [1.165, 1.54) is 36.1 Å². The maximum Gasteiger partial charge on any atom is 0.435 e. The fourth-order valence-corrected chi connectivity index (χ4v) is 3.43. The smallest absolute Gasteiger partial charge is 0.348 e. The van der Waals surface area contributed by atoms with Crippen molar-refractivity contribution in [2.45, 2.75) is 51.1 Å². The lowest BCUT2D eigenvalue weighted by Gasteiger charge is -2.28. The quantitative estimate of drug-likeness (QED) is 0.429. The number of nitrogens with zero attached hydrogens (tertiary/aromatic N) is 5. The molecule has 0 bridgehead atoms. The number of aryl methyl sites for hydroxylation is 1. The number of hydrogen-bond acceptors (Lipinski definition) is 5. The Morgan fingerprint density at radius 1 is 1.19 bits per heavy atom. The third-order valence-corrected chi connectivity index (χ3v) is 5.11. The lowest BCUT2D eigenvalue weighted by atomic mass is 10.0. The second kappa shape index (κ2) is 10.8. The fourth-order valence-electron chi connectivity index (χ4n) is 3.43. The first-order valence-corrected chi connectivity index (χ1v) is 10.4. The summed E-state index contributed by atoms with van der Waals surface area (Å²) in [5, 5.41) is 9.82. The maximum atomic E-state index is 13.4. The van der Waals surface area contributed by atoms with Gasteiger partial charge in [-0.2, -0.15) is 32.1 Å². The Kier molecular flexibility index (Phi) is 8.68. The number of alkyl halides is 5. The molecule has 9 nitrogen and oxygen atoms in total. The van der Waals surface area contributed by atoms with Crippen molar-refractivity contribution in [1.29, 1.82) is 0 Å². The molecule has 3 aromatic rings. The van der Waals surface area contributed by atoms with Crippen LogP contribution in [0.4, 0.5) is 22.0 Å². The van der Waals surface area contributed by atoms with E-state index in [4.69, 9.17) is 5.73 Å². The molecule has 198 valence electrons. The van der Waals surface area contributed by atoms with Gasteiger partial charge in [-0.15, -0.1) is 12.4 Å². The van der Waals surface area contributed by atoms with Crippen LogP contribution in [-0.2, 0) is 31.0 Å². The van der Waals surface area contributed by atoms with Crippen molar-refractivity contribution in [3.8, 4) is 11.3 Å². The number of carbonyl (C=O) groups is 1. The number of aromatic nitrogens is 5. The van der Waals surface area contributed by atoms with Gasteiger partial charge in [0.2, 0.25) is 11.5 Å². The minimum Gasteiger partial charge on any atom is -0.348 e. The van der Waals surface area contributed by atoms with E-state index in [1.807, 2.05) is 0 Å². The number of carbonyl (C=O) groups excluding carboxylic acids is 1. The first-order chi connectivity index (χ1) is 16.2. The Morgan fingerprint density at radius 2 is 1.86 bits per heavy atom. The number of halogens is 6. The molecule has 0 saturated heterocycles. The summed E-state index contributed by atoms with van der Waals surface area (Å²) in [4.78, 5) is 24.3. The van der Waals surface area contributed by atoms with Crippen molar-refractivity contribution < 1.29 is 26.7 Å². The third-order valence-electron chi connectivity index (χ3n) is 5.11. The van der Waals surface area contributed by atoms with Crippen LogP contribution < -0.4 is 16.6 Å². The summed E-state index contributed by atoms with van der Waals surface area (Å²) in [7, 11) is 1.47. The molecule has 36 heavy (non-hydrogen) atoms. The largest absolute Gasteiger partial charge is 0.435 e. The second-order valence-electron chi connectivity index (χ2n) is 8.73. The van der Waals surface area contributed by atoms with Gasteiger partial charge in [0.25, 0.3) is 0 Å². The van der Waals surface area contributed by atoms with Gasteiger partial charge in [0.1, 0.15) is 0 Å². The standard InChI is InChI=1S/C21H24F5N7O2.ClH/c1-20(2,29-18(35)14(27)6-12-8-28-32(9-12)19(22)23)11-33-15(7-16(30-33)21(24,25)26)13-4-5-17(34)31(3)10-13;/h4-5,7-10,14,19H,6,11,27H2,1-3H3,(H,29,35);1H/t14-;/m1./s1. The van der Waals surface area contributed by atoms with Gasteiger partial charge in [-0.05, 0) is 38.0 Å². The van der Waals surface area contributed by atoms with Crippen molar-refractivity contribution in [3.63, 3.8) is 0 Å². The van der Waals surface area contributed by atoms with E-state index >= 15 is 0 Å². The van der Waals surface area contributed by atoms with E-state index in [0.29, 0.717) is 15.8 Å². The monoisotopic (exact) mass is 537 g/mol. The van der Waals surface area contributed by atoms with Gasteiger partial charge in [0, 0.05) is 31.1 Å². The van der Waals surface area contributed by atoms with Gasteiger partial charge in [-0.3, -0.25) is 14.3 Å². The highest BCUT2D eigenvalue weighted by molar-refractivity contribution is 5.85. The Bertz CT molecular complexity index is 1270. The summed E-state index contributed by atoms with van der Waals surface area (Å²) in [6, 6.07) is 2.36. The zero-order valence-corrected chi connectivity index (χ0v) is 20.3. The van der Waals surface area contributed by atoms with Crippen LogP contribution in [-0.4, -0.2) is 41.6 Å². The molecule has 0 aliphatic carbocycles. The summed E-state index contributed by atoms with van der Waals surface area (Å²) in [6.45, 7) is 0.158. The molecule has 15 heteroatoms. The topological polar surface area (TPSA) is 113 Å². The number of nitrogens with two attached hydrogens (primary N) is 1.